The molecule has 0 amide bonds. The molecule has 3 aromatic carbocycles. The molecule has 5 N–H and O–H groups in total. The van der Waals surface area contributed by atoms with Gasteiger partial charge in [0.2, 0.25) is 0 Å². The molecule has 7 nitrogen and oxygen atoms in total. The van der Waals surface area contributed by atoms with E-state index in [2.05, 4.69) is 50.1 Å². The van der Waals surface area contributed by atoms with Gasteiger partial charge in [-0.15, -0.1) is 0 Å². The van der Waals surface area contributed by atoms with E-state index in [9.17, 15) is 15.0 Å². The van der Waals surface area contributed by atoms with Gasteiger partial charge in [0.1, 0.15) is 0 Å². The molecule has 1 aliphatic rings. The minimum atomic E-state index is -0.172. The van der Waals surface area contributed by atoms with E-state index < -0.39 is 0 Å². The molecule has 168 valence electrons. The van der Waals surface area contributed by atoms with E-state index in [0.29, 0.717) is 13.0 Å². The molecule has 6 aromatic rings. The highest BCUT2D eigenvalue weighted by atomic mass is 16.3. The van der Waals surface area contributed by atoms with Crippen LogP contribution >= 0.6 is 0 Å². The SMILES string of the molecule is O=c1cc(-c2ccc3c(c2)c2c4c[nH]c(O)c4c4c(c2n3CCCO)Cc2ccccc2-4)[nH][nH]1. The molecular weight excluding hydrogens is 428 g/mol. The minimum absolute atomic E-state index is 0.111. The van der Waals surface area contributed by atoms with Crippen LogP contribution in [-0.4, -0.2) is 36.6 Å². The molecular formula is C27H22N4O3. The number of aromatic amines is 3. The first-order chi connectivity index (χ1) is 16.7. The lowest BCUT2D eigenvalue weighted by atomic mass is 9.95. The van der Waals surface area contributed by atoms with E-state index in [4.69, 9.17) is 0 Å². The van der Waals surface area contributed by atoms with Crippen molar-refractivity contribution < 1.29 is 10.2 Å². The number of aliphatic hydroxyl groups excluding tert-OH is 1. The standard InChI is InChI=1S/C27H22N4O3/c32-9-3-8-31-21-7-6-15(20-12-22(33)30-29-20)11-17(21)24-19-13-28-27(34)25(19)23-16-5-2-1-4-14(16)10-18(23)26(24)31/h1-2,4-7,11-13,28,32,34H,3,8-10H2,(H2,29,30,33). The first kappa shape index (κ1) is 19.3. The van der Waals surface area contributed by atoms with Crippen LogP contribution < -0.4 is 5.56 Å². The van der Waals surface area contributed by atoms with Gasteiger partial charge < -0.3 is 19.8 Å². The lowest BCUT2D eigenvalue weighted by molar-refractivity contribution is 0.281. The van der Waals surface area contributed by atoms with Gasteiger partial charge in [-0.05, 0) is 35.2 Å². The van der Waals surface area contributed by atoms with Gasteiger partial charge in [0.15, 0.2) is 5.88 Å². The zero-order valence-corrected chi connectivity index (χ0v) is 18.3. The summed E-state index contributed by atoms with van der Waals surface area (Å²) in [5.74, 6) is 0.173. The van der Waals surface area contributed by atoms with Gasteiger partial charge >= 0.3 is 0 Å². The topological polar surface area (TPSA) is 110 Å². The molecule has 34 heavy (non-hydrogen) atoms. The third-order valence-electron chi connectivity index (χ3n) is 7.13. The zero-order chi connectivity index (χ0) is 23.0. The van der Waals surface area contributed by atoms with Crippen molar-refractivity contribution in [1.29, 1.82) is 0 Å². The Morgan fingerprint density at radius 2 is 1.88 bits per heavy atom. The van der Waals surface area contributed by atoms with E-state index in [1.165, 1.54) is 11.1 Å². The summed E-state index contributed by atoms with van der Waals surface area (Å²) >= 11 is 0. The number of aromatic nitrogens is 4. The summed E-state index contributed by atoms with van der Waals surface area (Å²) in [4.78, 5) is 14.8. The highest BCUT2D eigenvalue weighted by Gasteiger charge is 2.29. The van der Waals surface area contributed by atoms with Crippen LogP contribution in [0.2, 0.25) is 0 Å². The maximum Gasteiger partial charge on any atom is 0.264 e. The summed E-state index contributed by atoms with van der Waals surface area (Å²) in [6.07, 6.45) is 3.31. The maximum atomic E-state index is 11.7. The smallest absolute Gasteiger partial charge is 0.264 e. The number of aromatic hydroxyl groups is 1. The average molecular weight is 450 g/mol. The van der Waals surface area contributed by atoms with Crippen LogP contribution in [0.4, 0.5) is 0 Å². The molecule has 0 bridgehead atoms. The van der Waals surface area contributed by atoms with Gasteiger partial charge in [-0.3, -0.25) is 15.0 Å². The number of fused-ring (bicyclic) bond motifs is 10. The van der Waals surface area contributed by atoms with Crippen LogP contribution in [0.1, 0.15) is 17.5 Å². The summed E-state index contributed by atoms with van der Waals surface area (Å²) in [6.45, 7) is 0.793. The molecule has 0 atom stereocenters. The number of aryl methyl sites for hydroxylation is 1. The first-order valence-corrected chi connectivity index (χ1v) is 11.4. The lowest BCUT2D eigenvalue weighted by Gasteiger charge is -2.12. The van der Waals surface area contributed by atoms with Crippen LogP contribution in [0.5, 0.6) is 5.88 Å². The van der Waals surface area contributed by atoms with Gasteiger partial charge in [-0.25, -0.2) is 0 Å². The fraction of sp³-hybridized carbons (Fsp3) is 0.148. The minimum Gasteiger partial charge on any atom is -0.494 e. The summed E-state index contributed by atoms with van der Waals surface area (Å²) in [7, 11) is 0. The van der Waals surface area contributed by atoms with Crippen LogP contribution in [0, 0.1) is 0 Å². The second-order valence-electron chi connectivity index (χ2n) is 8.97. The Morgan fingerprint density at radius 3 is 2.71 bits per heavy atom. The number of hydrogen-bond acceptors (Lipinski definition) is 3. The van der Waals surface area contributed by atoms with E-state index in [1.54, 1.807) is 6.07 Å². The van der Waals surface area contributed by atoms with Gasteiger partial charge in [0, 0.05) is 64.6 Å². The van der Waals surface area contributed by atoms with Crippen molar-refractivity contribution in [3.8, 4) is 28.3 Å². The molecule has 0 aliphatic heterocycles. The van der Waals surface area contributed by atoms with Crippen molar-refractivity contribution in [3.05, 3.63) is 76.2 Å². The van der Waals surface area contributed by atoms with Crippen molar-refractivity contribution >= 4 is 32.6 Å². The molecule has 0 radical (unpaired) electrons. The molecule has 3 aromatic heterocycles. The predicted octanol–water partition coefficient (Wildman–Crippen LogP) is 4.62. The fourth-order valence-corrected chi connectivity index (χ4v) is 5.77. The fourth-order valence-electron chi connectivity index (χ4n) is 5.77. The van der Waals surface area contributed by atoms with Crippen LogP contribution in [-0.2, 0) is 13.0 Å². The van der Waals surface area contributed by atoms with Crippen LogP contribution in [0.3, 0.4) is 0 Å². The number of hydrogen-bond donors (Lipinski definition) is 5. The lowest BCUT2D eigenvalue weighted by Crippen LogP contribution is -2.02. The second kappa shape index (κ2) is 6.88. The van der Waals surface area contributed by atoms with Crippen molar-refractivity contribution in [2.45, 2.75) is 19.4 Å². The zero-order valence-electron chi connectivity index (χ0n) is 18.3. The monoisotopic (exact) mass is 450 g/mol. The molecule has 0 unspecified atom stereocenters. The van der Waals surface area contributed by atoms with Crippen LogP contribution in [0.25, 0.3) is 55.0 Å². The van der Waals surface area contributed by atoms with E-state index in [-0.39, 0.29) is 18.0 Å². The van der Waals surface area contributed by atoms with Gasteiger partial charge in [0.05, 0.1) is 16.6 Å². The number of rotatable bonds is 4. The molecule has 7 rings (SSSR count). The average Bonchev–Trinajstić information content (AvgIpc) is 3.60. The van der Waals surface area contributed by atoms with Gasteiger partial charge in [0.25, 0.3) is 5.56 Å². The number of nitrogens with zero attached hydrogens (tertiary/aromatic N) is 1. The largest absolute Gasteiger partial charge is 0.494 e. The molecule has 0 fully saturated rings. The Morgan fingerprint density at radius 1 is 1.00 bits per heavy atom. The number of benzene rings is 3. The van der Waals surface area contributed by atoms with Crippen molar-refractivity contribution in [2.24, 2.45) is 0 Å². The summed E-state index contributed by atoms with van der Waals surface area (Å²) in [5.41, 5.74) is 8.35. The molecule has 1 aliphatic carbocycles. The molecule has 7 heteroatoms. The maximum absolute atomic E-state index is 11.7. The third kappa shape index (κ3) is 2.47. The highest BCUT2D eigenvalue weighted by Crippen LogP contribution is 2.51. The molecule has 0 saturated heterocycles. The third-order valence-corrected chi connectivity index (χ3v) is 7.13. The summed E-state index contributed by atoms with van der Waals surface area (Å²) in [5, 5.41) is 30.0. The highest BCUT2D eigenvalue weighted by molar-refractivity contribution is 6.27. The van der Waals surface area contributed by atoms with Gasteiger partial charge in [-0.2, -0.15) is 0 Å². The van der Waals surface area contributed by atoms with Crippen LogP contribution in [0.15, 0.2) is 59.5 Å². The molecule has 3 heterocycles. The summed E-state index contributed by atoms with van der Waals surface area (Å²) in [6, 6.07) is 16.1. The number of nitrogens with one attached hydrogen (secondary N) is 3. The number of H-pyrrole nitrogens is 3. The predicted molar refractivity (Wildman–Crippen MR) is 133 cm³/mol. The Bertz CT molecular complexity index is 1820. The second-order valence-corrected chi connectivity index (χ2v) is 8.97. The quantitative estimate of drug-likeness (QED) is 0.270. The Hall–Kier alpha value is -4.23. The Kier molecular flexibility index (Phi) is 3.90. The molecule has 0 spiro atoms. The van der Waals surface area contributed by atoms with Gasteiger partial charge in [-0.1, -0.05) is 30.3 Å². The van der Waals surface area contributed by atoms with Crippen molar-refractivity contribution in [2.75, 3.05) is 6.61 Å². The number of aliphatic hydroxyl groups is 1. The van der Waals surface area contributed by atoms with E-state index >= 15 is 0 Å². The Labute approximate surface area is 193 Å². The Balaban J connectivity index is 1.66. The normalized spacial score (nSPS) is 12.7. The van der Waals surface area contributed by atoms with E-state index in [1.807, 2.05) is 18.3 Å². The first-order valence-electron chi connectivity index (χ1n) is 11.4. The van der Waals surface area contributed by atoms with E-state index in [0.717, 1.165) is 61.4 Å². The van der Waals surface area contributed by atoms with Crippen molar-refractivity contribution in [3.63, 3.8) is 0 Å². The molecule has 0 saturated carbocycles. The van der Waals surface area contributed by atoms with Crippen molar-refractivity contribution in [1.82, 2.24) is 19.7 Å². The summed E-state index contributed by atoms with van der Waals surface area (Å²) < 4.78 is 2.30.